The summed E-state index contributed by atoms with van der Waals surface area (Å²) in [7, 11) is 0. The van der Waals surface area contributed by atoms with E-state index in [1.54, 1.807) is 13.0 Å². The third-order valence-corrected chi connectivity index (χ3v) is 2.84. The number of benzene rings is 1. The minimum Gasteiger partial charge on any atom is -0.478 e. The molecule has 0 radical (unpaired) electrons. The van der Waals surface area contributed by atoms with Gasteiger partial charge in [-0.05, 0) is 24.6 Å². The van der Waals surface area contributed by atoms with Crippen molar-refractivity contribution in [2.45, 2.75) is 6.92 Å². The van der Waals surface area contributed by atoms with Crippen molar-refractivity contribution in [2.75, 3.05) is 0 Å². The van der Waals surface area contributed by atoms with E-state index >= 15 is 0 Å². The van der Waals surface area contributed by atoms with Gasteiger partial charge in [0.1, 0.15) is 5.75 Å². The number of carboxylic acid groups (broad SMARTS) is 1. The monoisotopic (exact) mass is 308 g/mol. The van der Waals surface area contributed by atoms with E-state index in [1.165, 1.54) is 18.3 Å². The van der Waals surface area contributed by atoms with Gasteiger partial charge in [0.25, 0.3) is 5.88 Å². The molecule has 2 rings (SSSR count). The van der Waals surface area contributed by atoms with Crippen molar-refractivity contribution < 1.29 is 19.6 Å². The quantitative estimate of drug-likeness (QED) is 0.685. The van der Waals surface area contributed by atoms with Crippen LogP contribution in [0.2, 0.25) is 5.02 Å². The minimum atomic E-state index is -1.13. The Labute approximate surface area is 123 Å². The van der Waals surface area contributed by atoms with E-state index in [1.807, 2.05) is 0 Å². The maximum absolute atomic E-state index is 11.0. The number of hydrogen-bond donors (Lipinski definition) is 1. The highest BCUT2D eigenvalue weighted by atomic mass is 35.5. The Hall–Kier alpha value is -2.67. The molecule has 2 aromatic rings. The maximum atomic E-state index is 11.0. The zero-order valence-corrected chi connectivity index (χ0v) is 11.5. The van der Waals surface area contributed by atoms with Gasteiger partial charge < -0.3 is 9.84 Å². The van der Waals surface area contributed by atoms with Crippen LogP contribution in [0.3, 0.4) is 0 Å². The van der Waals surface area contributed by atoms with Gasteiger partial charge in [-0.3, -0.25) is 10.1 Å². The topological polar surface area (TPSA) is 103 Å². The summed E-state index contributed by atoms with van der Waals surface area (Å²) >= 11 is 5.66. The molecule has 0 aliphatic carbocycles. The predicted octanol–water partition coefficient (Wildman–Crippen LogP) is 3.44. The lowest BCUT2D eigenvalue weighted by Crippen LogP contribution is -2.00. The summed E-state index contributed by atoms with van der Waals surface area (Å²) in [5, 5.41) is 20.0. The number of aromatic carboxylic acids is 1. The molecule has 1 aromatic heterocycles. The number of aryl methyl sites for hydroxylation is 1. The lowest BCUT2D eigenvalue weighted by Gasteiger charge is -2.09. The summed E-state index contributed by atoms with van der Waals surface area (Å²) < 4.78 is 5.37. The number of aromatic nitrogens is 1. The summed E-state index contributed by atoms with van der Waals surface area (Å²) in [6.45, 7) is 1.68. The van der Waals surface area contributed by atoms with Crippen LogP contribution in [0.15, 0.2) is 30.5 Å². The van der Waals surface area contributed by atoms with E-state index in [9.17, 15) is 14.9 Å². The summed E-state index contributed by atoms with van der Waals surface area (Å²) in [4.78, 5) is 25.0. The van der Waals surface area contributed by atoms with Crippen molar-refractivity contribution in [3.8, 4) is 11.6 Å². The molecule has 0 spiro atoms. The van der Waals surface area contributed by atoms with Crippen molar-refractivity contribution in [3.05, 3.63) is 56.7 Å². The third-order valence-electron chi connectivity index (χ3n) is 2.64. The molecule has 7 nitrogen and oxygen atoms in total. The fourth-order valence-corrected chi connectivity index (χ4v) is 1.72. The Kier molecular flexibility index (Phi) is 4.04. The predicted molar refractivity (Wildman–Crippen MR) is 74.1 cm³/mol. The van der Waals surface area contributed by atoms with Crippen LogP contribution in [0, 0.1) is 17.0 Å². The summed E-state index contributed by atoms with van der Waals surface area (Å²) in [5.74, 6) is -1.21. The van der Waals surface area contributed by atoms with Crippen molar-refractivity contribution in [3.63, 3.8) is 0 Å². The number of carbonyl (C=O) groups is 1. The van der Waals surface area contributed by atoms with Gasteiger partial charge in [0.15, 0.2) is 0 Å². The first-order valence-corrected chi connectivity index (χ1v) is 6.08. The van der Waals surface area contributed by atoms with Crippen LogP contribution in [0.4, 0.5) is 5.69 Å². The molecule has 0 aliphatic heterocycles. The first-order valence-electron chi connectivity index (χ1n) is 5.70. The second-order valence-electron chi connectivity index (χ2n) is 4.12. The molecular formula is C13H9ClN2O5. The van der Waals surface area contributed by atoms with Crippen LogP contribution >= 0.6 is 11.6 Å². The molecule has 21 heavy (non-hydrogen) atoms. The summed E-state index contributed by atoms with van der Waals surface area (Å²) in [5.41, 5.74) is 0.223. The summed E-state index contributed by atoms with van der Waals surface area (Å²) in [6.07, 6.45) is 1.21. The molecular weight excluding hydrogens is 300 g/mol. The first-order chi connectivity index (χ1) is 9.88. The van der Waals surface area contributed by atoms with Gasteiger partial charge in [-0.25, -0.2) is 9.78 Å². The lowest BCUT2D eigenvalue weighted by atomic mass is 10.1. The molecule has 0 saturated carbocycles. The highest BCUT2D eigenvalue weighted by molar-refractivity contribution is 6.30. The lowest BCUT2D eigenvalue weighted by molar-refractivity contribution is -0.386. The maximum Gasteiger partial charge on any atom is 0.335 e. The average Bonchev–Trinajstić information content (AvgIpc) is 2.42. The van der Waals surface area contributed by atoms with E-state index in [-0.39, 0.29) is 22.2 Å². The van der Waals surface area contributed by atoms with E-state index in [0.717, 1.165) is 6.07 Å². The Morgan fingerprint density at radius 1 is 1.43 bits per heavy atom. The van der Waals surface area contributed by atoms with Gasteiger partial charge in [-0.1, -0.05) is 17.7 Å². The molecule has 0 bridgehead atoms. The Bertz CT molecular complexity index is 732. The Morgan fingerprint density at radius 2 is 2.14 bits per heavy atom. The molecule has 1 heterocycles. The van der Waals surface area contributed by atoms with Gasteiger partial charge in [-0.2, -0.15) is 0 Å². The molecule has 0 saturated heterocycles. The second kappa shape index (κ2) is 5.76. The number of nitrogens with zero attached hydrogens (tertiary/aromatic N) is 2. The SMILES string of the molecule is Cc1ccc(C(=O)O)cc1Oc1ncc(Cl)cc1[N+](=O)[O-]. The van der Waals surface area contributed by atoms with Crippen LogP contribution in [-0.4, -0.2) is 21.0 Å². The van der Waals surface area contributed by atoms with Crippen molar-refractivity contribution in [1.29, 1.82) is 0 Å². The van der Waals surface area contributed by atoms with Crippen molar-refractivity contribution >= 4 is 23.3 Å². The largest absolute Gasteiger partial charge is 0.478 e. The van der Waals surface area contributed by atoms with Crippen LogP contribution in [0.5, 0.6) is 11.6 Å². The first kappa shape index (κ1) is 14.7. The molecule has 0 aliphatic rings. The highest BCUT2D eigenvalue weighted by Gasteiger charge is 2.19. The number of rotatable bonds is 4. The number of hydrogen-bond acceptors (Lipinski definition) is 5. The normalized spacial score (nSPS) is 10.2. The molecule has 0 fully saturated rings. The minimum absolute atomic E-state index is 0.00668. The van der Waals surface area contributed by atoms with E-state index in [0.29, 0.717) is 5.56 Å². The van der Waals surface area contributed by atoms with E-state index in [4.69, 9.17) is 21.4 Å². The van der Waals surface area contributed by atoms with Gasteiger partial charge in [-0.15, -0.1) is 0 Å². The molecule has 108 valence electrons. The van der Waals surface area contributed by atoms with Crippen LogP contribution < -0.4 is 4.74 Å². The number of carboxylic acids is 1. The fraction of sp³-hybridized carbons (Fsp3) is 0.0769. The second-order valence-corrected chi connectivity index (χ2v) is 4.56. The zero-order valence-electron chi connectivity index (χ0n) is 10.7. The van der Waals surface area contributed by atoms with Gasteiger partial charge in [0.2, 0.25) is 0 Å². The van der Waals surface area contributed by atoms with Gasteiger partial charge in [0.05, 0.1) is 21.7 Å². The molecule has 0 atom stereocenters. The number of pyridine rings is 1. The molecule has 8 heteroatoms. The fourth-order valence-electron chi connectivity index (χ4n) is 1.57. The highest BCUT2D eigenvalue weighted by Crippen LogP contribution is 2.32. The Morgan fingerprint density at radius 3 is 2.76 bits per heavy atom. The third kappa shape index (κ3) is 3.26. The number of nitro groups is 1. The summed E-state index contributed by atoms with van der Waals surface area (Å²) in [6, 6.07) is 5.34. The zero-order chi connectivity index (χ0) is 15.6. The smallest absolute Gasteiger partial charge is 0.335 e. The average molecular weight is 309 g/mol. The van der Waals surface area contributed by atoms with Crippen LogP contribution in [0.25, 0.3) is 0 Å². The van der Waals surface area contributed by atoms with Crippen LogP contribution in [-0.2, 0) is 0 Å². The number of ether oxygens (including phenoxy) is 1. The van der Waals surface area contributed by atoms with Crippen LogP contribution in [0.1, 0.15) is 15.9 Å². The Balaban J connectivity index is 2.45. The van der Waals surface area contributed by atoms with Crippen molar-refractivity contribution in [2.24, 2.45) is 0 Å². The van der Waals surface area contributed by atoms with Gasteiger partial charge >= 0.3 is 11.7 Å². The molecule has 1 N–H and O–H groups in total. The molecule has 0 amide bonds. The molecule has 1 aromatic carbocycles. The van der Waals surface area contributed by atoms with Gasteiger partial charge in [0, 0.05) is 6.07 Å². The van der Waals surface area contributed by atoms with E-state index in [2.05, 4.69) is 4.98 Å². The molecule has 0 unspecified atom stereocenters. The number of halogens is 1. The standard InChI is InChI=1S/C13H9ClN2O5/c1-7-2-3-8(13(17)18)4-11(7)21-12-10(16(19)20)5-9(14)6-15-12/h2-6H,1H3,(H,17,18). The van der Waals surface area contributed by atoms with Crippen molar-refractivity contribution in [1.82, 2.24) is 4.98 Å². The van der Waals surface area contributed by atoms with E-state index < -0.39 is 16.6 Å².